The number of hydrogen-bond donors (Lipinski definition) is 0. The summed E-state index contributed by atoms with van der Waals surface area (Å²) in [5, 5.41) is 3.65. The van der Waals surface area contributed by atoms with Crippen molar-refractivity contribution in [3.05, 3.63) is 42.1 Å². The van der Waals surface area contributed by atoms with E-state index in [0.717, 1.165) is 23.2 Å². The highest BCUT2D eigenvalue weighted by Gasteiger charge is 2.28. The summed E-state index contributed by atoms with van der Waals surface area (Å²) in [6.07, 6.45) is 4.90. The molecule has 0 bridgehead atoms. The number of fused-ring (bicyclic) bond motifs is 1. The monoisotopic (exact) mass is 368 g/mol. The summed E-state index contributed by atoms with van der Waals surface area (Å²) in [4.78, 5) is 15.9. The van der Waals surface area contributed by atoms with Crippen molar-refractivity contribution in [2.24, 2.45) is 0 Å². The molecule has 8 nitrogen and oxygen atoms in total. The van der Waals surface area contributed by atoms with Crippen molar-refractivity contribution in [3.63, 3.8) is 0 Å². The van der Waals surface area contributed by atoms with Gasteiger partial charge in [0.2, 0.25) is 0 Å². The van der Waals surface area contributed by atoms with Gasteiger partial charge in [0.1, 0.15) is 11.4 Å². The summed E-state index contributed by atoms with van der Waals surface area (Å²) in [6.45, 7) is 1.70. The van der Waals surface area contributed by atoms with E-state index in [2.05, 4.69) is 10.1 Å². The first kappa shape index (κ1) is 18.6. The van der Waals surface area contributed by atoms with Gasteiger partial charge in [-0.2, -0.15) is 5.10 Å². The second kappa shape index (κ2) is 6.63. The molecular weight excluding hydrogens is 351 g/mol. The van der Waals surface area contributed by atoms with Gasteiger partial charge < -0.3 is 4.74 Å². The Hall–Kier alpha value is -2.75. The molecule has 0 aliphatic heterocycles. The van der Waals surface area contributed by atoms with E-state index < -0.39 is 21.6 Å². The minimum absolute atomic E-state index is 0. The molecule has 0 amide bonds. The molecule has 3 heterocycles. The number of rotatable bonds is 4. The highest BCUT2D eigenvalue weighted by atomic mass is 32.2. The number of aromatic nitrogens is 4. The fraction of sp³-hybridized carbons (Fsp3) is 0.267. The summed E-state index contributed by atoms with van der Waals surface area (Å²) >= 11 is 0. The lowest BCUT2D eigenvalue weighted by Gasteiger charge is -2.10. The molecule has 0 atom stereocenters. The quantitative estimate of drug-likeness (QED) is 0.653. The van der Waals surface area contributed by atoms with Crippen LogP contribution in [0.4, 0.5) is 4.39 Å². The van der Waals surface area contributed by atoms with Crippen LogP contribution in [0.5, 0.6) is 0 Å². The second-order valence-corrected chi connectivity index (χ2v) is 6.86. The zero-order valence-corrected chi connectivity index (χ0v) is 13.6. The van der Waals surface area contributed by atoms with Gasteiger partial charge in [0.15, 0.2) is 26.3 Å². The fourth-order valence-electron chi connectivity index (χ4n) is 2.35. The number of hydrogen-bond acceptors (Lipinski definition) is 6. The number of halogens is 1. The smallest absolute Gasteiger partial charge is 0.342 e. The van der Waals surface area contributed by atoms with E-state index in [-0.39, 0.29) is 36.1 Å². The molecular formula is C15H17FN4O4S. The van der Waals surface area contributed by atoms with E-state index >= 15 is 0 Å². The molecule has 0 unspecified atom stereocenters. The normalized spacial score (nSPS) is 11.3. The van der Waals surface area contributed by atoms with Crippen molar-refractivity contribution in [2.75, 3.05) is 12.9 Å². The highest BCUT2D eigenvalue weighted by Crippen LogP contribution is 2.22. The van der Waals surface area contributed by atoms with E-state index in [9.17, 15) is 17.6 Å². The van der Waals surface area contributed by atoms with Crippen LogP contribution in [-0.4, -0.2) is 46.4 Å². The third-order valence-electron chi connectivity index (χ3n) is 3.27. The van der Waals surface area contributed by atoms with Crippen LogP contribution in [0.15, 0.2) is 35.7 Å². The van der Waals surface area contributed by atoms with E-state index in [4.69, 9.17) is 4.74 Å². The summed E-state index contributed by atoms with van der Waals surface area (Å²) in [6, 6.07) is 2.50. The number of imidazole rings is 1. The molecule has 3 aromatic heterocycles. The molecule has 0 N–H and O–H groups in total. The first-order chi connectivity index (χ1) is 11.3. The zero-order valence-electron chi connectivity index (χ0n) is 12.8. The first-order valence-corrected chi connectivity index (χ1v) is 8.81. The Balaban J connectivity index is 0.00000225. The van der Waals surface area contributed by atoms with Crippen molar-refractivity contribution in [3.8, 4) is 5.82 Å². The van der Waals surface area contributed by atoms with Crippen molar-refractivity contribution >= 4 is 21.5 Å². The van der Waals surface area contributed by atoms with Crippen LogP contribution in [-0.2, 0) is 14.6 Å². The first-order valence-electron chi connectivity index (χ1n) is 6.91. The lowest BCUT2D eigenvalue weighted by atomic mass is 10.3. The number of esters is 1. The molecule has 0 spiro atoms. The van der Waals surface area contributed by atoms with E-state index in [1.165, 1.54) is 22.9 Å². The number of ether oxygens (including phenoxy) is 1. The lowest BCUT2D eigenvalue weighted by Crippen LogP contribution is -2.15. The van der Waals surface area contributed by atoms with Gasteiger partial charge in [-0.15, -0.1) is 0 Å². The van der Waals surface area contributed by atoms with Crippen LogP contribution in [0.1, 0.15) is 24.7 Å². The molecule has 0 radical (unpaired) electrons. The Bertz CT molecular complexity index is 1040. The fourth-order valence-corrected chi connectivity index (χ4v) is 3.34. The third-order valence-corrected chi connectivity index (χ3v) is 4.36. The standard InChI is InChI=1S/C14H13FN4O4S.CH4/c1-3-23-14(20)9-8-17-19(13(9)24(2,21)22)11-5-4-10(15)12-16-6-7-18(11)12;/h4-8H,3H2,1-2H3;1H4. The Morgan fingerprint density at radius 3 is 2.72 bits per heavy atom. The number of pyridine rings is 1. The van der Waals surface area contributed by atoms with Gasteiger partial charge >= 0.3 is 5.97 Å². The molecule has 10 heteroatoms. The third kappa shape index (κ3) is 3.12. The van der Waals surface area contributed by atoms with Crippen molar-refractivity contribution in [1.82, 2.24) is 19.2 Å². The summed E-state index contributed by atoms with van der Waals surface area (Å²) in [5.41, 5.74) is -0.169. The van der Waals surface area contributed by atoms with Crippen molar-refractivity contribution in [2.45, 2.75) is 19.4 Å². The molecule has 0 aliphatic carbocycles. The van der Waals surface area contributed by atoms with Crippen LogP contribution >= 0.6 is 0 Å². The van der Waals surface area contributed by atoms with Gasteiger partial charge in [-0.05, 0) is 19.1 Å². The van der Waals surface area contributed by atoms with Crippen LogP contribution in [0.2, 0.25) is 0 Å². The van der Waals surface area contributed by atoms with Gasteiger partial charge in [0, 0.05) is 18.6 Å². The zero-order chi connectivity index (χ0) is 17.5. The van der Waals surface area contributed by atoms with Crippen LogP contribution in [0, 0.1) is 5.82 Å². The number of nitrogens with zero attached hydrogens (tertiary/aromatic N) is 4. The highest BCUT2D eigenvalue weighted by molar-refractivity contribution is 7.90. The lowest BCUT2D eigenvalue weighted by molar-refractivity contribution is 0.0521. The Labute approximate surface area is 143 Å². The molecule has 3 rings (SSSR count). The predicted octanol–water partition coefficient (Wildman–Crippen LogP) is 1.88. The number of sulfone groups is 1. The van der Waals surface area contributed by atoms with E-state index in [1.807, 2.05) is 0 Å². The molecule has 0 saturated carbocycles. The number of carbonyl (C=O) groups excluding carboxylic acids is 1. The molecule has 0 aliphatic rings. The average molecular weight is 368 g/mol. The molecule has 0 aromatic carbocycles. The SMILES string of the molecule is C.CCOC(=O)c1cnn(-c2ccc(F)c3nccn23)c1S(C)(=O)=O. The molecule has 0 saturated heterocycles. The molecule has 3 aromatic rings. The summed E-state index contributed by atoms with van der Waals surface area (Å²) in [5.74, 6) is -1.14. The van der Waals surface area contributed by atoms with Gasteiger partial charge in [0.25, 0.3) is 0 Å². The summed E-state index contributed by atoms with van der Waals surface area (Å²) in [7, 11) is -3.82. The predicted molar refractivity (Wildman–Crippen MR) is 88.1 cm³/mol. The summed E-state index contributed by atoms with van der Waals surface area (Å²) < 4.78 is 45.4. The van der Waals surface area contributed by atoms with E-state index in [1.54, 1.807) is 6.92 Å². The molecule has 134 valence electrons. The second-order valence-electron chi connectivity index (χ2n) is 4.93. The van der Waals surface area contributed by atoms with Crippen LogP contribution in [0.3, 0.4) is 0 Å². The van der Waals surface area contributed by atoms with Gasteiger partial charge in [-0.1, -0.05) is 7.43 Å². The maximum Gasteiger partial charge on any atom is 0.342 e. The largest absolute Gasteiger partial charge is 0.462 e. The topological polar surface area (TPSA) is 95.6 Å². The number of carbonyl (C=O) groups is 1. The molecule has 25 heavy (non-hydrogen) atoms. The minimum Gasteiger partial charge on any atom is -0.462 e. The van der Waals surface area contributed by atoms with Crippen LogP contribution in [0.25, 0.3) is 11.5 Å². The molecule has 0 fully saturated rings. The van der Waals surface area contributed by atoms with Crippen molar-refractivity contribution in [1.29, 1.82) is 0 Å². The van der Waals surface area contributed by atoms with Crippen LogP contribution < -0.4 is 0 Å². The maximum atomic E-state index is 13.8. The Kier molecular flexibility index (Phi) is 4.93. The Morgan fingerprint density at radius 2 is 2.08 bits per heavy atom. The maximum absolute atomic E-state index is 13.8. The van der Waals surface area contributed by atoms with E-state index in [0.29, 0.717) is 0 Å². The minimum atomic E-state index is -3.82. The van der Waals surface area contributed by atoms with Gasteiger partial charge in [-0.3, -0.25) is 4.40 Å². The average Bonchev–Trinajstić information content (AvgIpc) is 3.14. The van der Waals surface area contributed by atoms with Gasteiger partial charge in [0.05, 0.1) is 12.8 Å². The van der Waals surface area contributed by atoms with Crippen molar-refractivity contribution < 1.29 is 22.3 Å². The van der Waals surface area contributed by atoms with Gasteiger partial charge in [-0.25, -0.2) is 27.3 Å². The Morgan fingerprint density at radius 1 is 1.36 bits per heavy atom.